The average Bonchev–Trinajstić information content (AvgIpc) is 2.12. The zero-order valence-electron chi connectivity index (χ0n) is 9.76. The van der Waals surface area contributed by atoms with Crippen molar-refractivity contribution in [3.05, 3.63) is 12.2 Å². The van der Waals surface area contributed by atoms with Gasteiger partial charge in [-0.3, -0.25) is 4.79 Å². The quantitative estimate of drug-likeness (QED) is 0.679. The zero-order chi connectivity index (χ0) is 11.4. The number of carbonyl (C=O) groups excluding carboxylic acids is 1. The molecule has 0 unspecified atom stereocenters. The Bertz CT molecular complexity index is 221. The Morgan fingerprint density at radius 3 is 2.29 bits per heavy atom. The normalized spacial score (nSPS) is 11.2. The molecule has 0 saturated carbocycles. The highest BCUT2D eigenvalue weighted by molar-refractivity contribution is 5.82. The number of amides is 1. The van der Waals surface area contributed by atoms with E-state index in [1.807, 2.05) is 27.7 Å². The van der Waals surface area contributed by atoms with Crippen LogP contribution in [0, 0.1) is 5.41 Å². The van der Waals surface area contributed by atoms with Crippen molar-refractivity contribution in [3.63, 3.8) is 0 Å². The molecule has 0 radical (unpaired) electrons. The maximum Gasteiger partial charge on any atom is 0.229 e. The lowest BCUT2D eigenvalue weighted by Crippen LogP contribution is -2.45. The summed E-state index contributed by atoms with van der Waals surface area (Å²) in [6.07, 6.45) is 0. The van der Waals surface area contributed by atoms with Gasteiger partial charge < -0.3 is 10.6 Å². The molecular weight excluding hydrogens is 176 g/mol. The van der Waals surface area contributed by atoms with E-state index >= 15 is 0 Å². The topological polar surface area (TPSA) is 46.3 Å². The van der Waals surface area contributed by atoms with Gasteiger partial charge in [-0.05, 0) is 27.7 Å². The van der Waals surface area contributed by atoms with E-state index in [1.54, 1.807) is 4.90 Å². The largest absolute Gasteiger partial charge is 0.339 e. The minimum atomic E-state index is -0.467. The molecule has 0 aromatic carbocycles. The molecule has 3 heteroatoms. The third kappa shape index (κ3) is 3.50. The van der Waals surface area contributed by atoms with Gasteiger partial charge in [-0.1, -0.05) is 12.2 Å². The van der Waals surface area contributed by atoms with Gasteiger partial charge in [0.25, 0.3) is 0 Å². The maximum atomic E-state index is 12.0. The molecular formula is C11H22N2O. The van der Waals surface area contributed by atoms with E-state index in [0.29, 0.717) is 19.6 Å². The SMILES string of the molecule is C=C(C)CN(CC)C(=O)C(C)(C)CN. The molecule has 2 N–H and O–H groups in total. The van der Waals surface area contributed by atoms with E-state index in [0.717, 1.165) is 5.57 Å². The lowest BCUT2D eigenvalue weighted by Gasteiger charge is -2.30. The number of hydrogen-bond donors (Lipinski definition) is 1. The number of likely N-dealkylation sites (N-methyl/N-ethyl adjacent to an activating group) is 1. The fourth-order valence-electron chi connectivity index (χ4n) is 1.17. The minimum absolute atomic E-state index is 0.102. The highest BCUT2D eigenvalue weighted by atomic mass is 16.2. The molecule has 0 atom stereocenters. The van der Waals surface area contributed by atoms with Crippen molar-refractivity contribution >= 4 is 5.91 Å². The molecule has 14 heavy (non-hydrogen) atoms. The maximum absolute atomic E-state index is 12.0. The van der Waals surface area contributed by atoms with Gasteiger partial charge in [0.05, 0.1) is 5.41 Å². The third-order valence-corrected chi connectivity index (χ3v) is 2.22. The first-order valence-corrected chi connectivity index (χ1v) is 4.99. The Kier molecular flexibility index (Phi) is 4.85. The van der Waals surface area contributed by atoms with Crippen LogP contribution >= 0.6 is 0 Å². The van der Waals surface area contributed by atoms with Crippen LogP contribution in [-0.4, -0.2) is 30.4 Å². The van der Waals surface area contributed by atoms with Crippen molar-refractivity contribution in [2.75, 3.05) is 19.6 Å². The Morgan fingerprint density at radius 1 is 1.50 bits per heavy atom. The molecule has 0 fully saturated rings. The predicted octanol–water partition coefficient (Wildman–Crippen LogP) is 1.40. The van der Waals surface area contributed by atoms with Crippen LogP contribution in [0.2, 0.25) is 0 Å². The predicted molar refractivity (Wildman–Crippen MR) is 59.9 cm³/mol. The van der Waals surface area contributed by atoms with E-state index in [1.165, 1.54) is 0 Å². The van der Waals surface area contributed by atoms with Crippen LogP contribution in [0.4, 0.5) is 0 Å². The molecule has 0 aromatic rings. The molecule has 0 aliphatic heterocycles. The summed E-state index contributed by atoms with van der Waals surface area (Å²) in [6.45, 7) is 13.1. The molecule has 0 aromatic heterocycles. The lowest BCUT2D eigenvalue weighted by atomic mass is 9.91. The smallest absolute Gasteiger partial charge is 0.229 e. The Labute approximate surface area is 87.0 Å². The molecule has 1 amide bonds. The Morgan fingerprint density at radius 2 is 2.00 bits per heavy atom. The lowest BCUT2D eigenvalue weighted by molar-refractivity contribution is -0.139. The molecule has 0 rings (SSSR count). The van der Waals surface area contributed by atoms with Crippen molar-refractivity contribution in [1.82, 2.24) is 4.90 Å². The first kappa shape index (κ1) is 13.2. The van der Waals surface area contributed by atoms with Crippen LogP contribution in [0.1, 0.15) is 27.7 Å². The standard InChI is InChI=1S/C11H22N2O/c1-6-13(7-9(2)3)10(14)11(4,5)8-12/h2,6-8,12H2,1,3-5H3. The second-order valence-corrected chi connectivity index (χ2v) is 4.36. The highest BCUT2D eigenvalue weighted by Gasteiger charge is 2.29. The van der Waals surface area contributed by atoms with Crippen LogP contribution in [0.25, 0.3) is 0 Å². The van der Waals surface area contributed by atoms with Crippen LogP contribution in [0.3, 0.4) is 0 Å². The van der Waals surface area contributed by atoms with Crippen molar-refractivity contribution < 1.29 is 4.79 Å². The first-order chi connectivity index (χ1) is 6.35. The second-order valence-electron chi connectivity index (χ2n) is 4.36. The monoisotopic (exact) mass is 198 g/mol. The van der Waals surface area contributed by atoms with E-state index in [4.69, 9.17) is 5.73 Å². The van der Waals surface area contributed by atoms with Crippen LogP contribution < -0.4 is 5.73 Å². The van der Waals surface area contributed by atoms with Crippen molar-refractivity contribution in [1.29, 1.82) is 0 Å². The van der Waals surface area contributed by atoms with Crippen LogP contribution in [-0.2, 0) is 4.79 Å². The summed E-state index contributed by atoms with van der Waals surface area (Å²) in [4.78, 5) is 13.8. The molecule has 0 spiro atoms. The summed E-state index contributed by atoms with van der Waals surface area (Å²) in [5, 5.41) is 0. The van der Waals surface area contributed by atoms with Gasteiger partial charge in [0.1, 0.15) is 0 Å². The number of nitrogens with two attached hydrogens (primary N) is 1. The van der Waals surface area contributed by atoms with E-state index < -0.39 is 5.41 Å². The summed E-state index contributed by atoms with van der Waals surface area (Å²) in [5.74, 6) is 0.102. The van der Waals surface area contributed by atoms with Gasteiger partial charge in [0.2, 0.25) is 5.91 Å². The van der Waals surface area contributed by atoms with Gasteiger partial charge in [-0.15, -0.1) is 0 Å². The second kappa shape index (κ2) is 5.15. The fraction of sp³-hybridized carbons (Fsp3) is 0.727. The number of carbonyl (C=O) groups is 1. The van der Waals surface area contributed by atoms with Gasteiger partial charge in [0, 0.05) is 19.6 Å². The zero-order valence-corrected chi connectivity index (χ0v) is 9.76. The summed E-state index contributed by atoms with van der Waals surface area (Å²) in [6, 6.07) is 0. The summed E-state index contributed by atoms with van der Waals surface area (Å²) >= 11 is 0. The van der Waals surface area contributed by atoms with Gasteiger partial charge in [-0.2, -0.15) is 0 Å². The summed E-state index contributed by atoms with van der Waals surface area (Å²) in [7, 11) is 0. The van der Waals surface area contributed by atoms with Crippen molar-refractivity contribution in [2.24, 2.45) is 11.1 Å². The van der Waals surface area contributed by atoms with Crippen molar-refractivity contribution in [3.8, 4) is 0 Å². The molecule has 0 saturated heterocycles. The van der Waals surface area contributed by atoms with Gasteiger partial charge in [-0.25, -0.2) is 0 Å². The number of nitrogens with zero attached hydrogens (tertiary/aromatic N) is 1. The fourth-order valence-corrected chi connectivity index (χ4v) is 1.17. The van der Waals surface area contributed by atoms with Crippen LogP contribution in [0.5, 0.6) is 0 Å². The highest BCUT2D eigenvalue weighted by Crippen LogP contribution is 2.17. The molecule has 0 aliphatic rings. The molecule has 82 valence electrons. The number of rotatable bonds is 5. The van der Waals surface area contributed by atoms with Gasteiger partial charge >= 0.3 is 0 Å². The molecule has 0 heterocycles. The van der Waals surface area contributed by atoms with E-state index in [9.17, 15) is 4.79 Å². The van der Waals surface area contributed by atoms with Crippen LogP contribution in [0.15, 0.2) is 12.2 Å². The Hall–Kier alpha value is -0.830. The Balaban J connectivity index is 4.54. The average molecular weight is 198 g/mol. The molecule has 0 bridgehead atoms. The van der Waals surface area contributed by atoms with E-state index in [2.05, 4.69) is 6.58 Å². The minimum Gasteiger partial charge on any atom is -0.339 e. The first-order valence-electron chi connectivity index (χ1n) is 4.99. The third-order valence-electron chi connectivity index (χ3n) is 2.22. The summed E-state index contributed by atoms with van der Waals surface area (Å²) < 4.78 is 0. The van der Waals surface area contributed by atoms with E-state index in [-0.39, 0.29) is 5.91 Å². The van der Waals surface area contributed by atoms with Crippen molar-refractivity contribution in [2.45, 2.75) is 27.7 Å². The van der Waals surface area contributed by atoms with Gasteiger partial charge in [0.15, 0.2) is 0 Å². The number of hydrogen-bond acceptors (Lipinski definition) is 2. The molecule has 0 aliphatic carbocycles. The molecule has 3 nitrogen and oxygen atoms in total. The summed E-state index contributed by atoms with van der Waals surface area (Å²) in [5.41, 5.74) is 6.09.